The second-order valence-corrected chi connectivity index (χ2v) is 5.89. The van der Waals surface area contributed by atoms with Crippen LogP contribution < -0.4 is 4.57 Å². The maximum absolute atomic E-state index is 5.81. The van der Waals surface area contributed by atoms with Crippen molar-refractivity contribution in [2.24, 2.45) is 7.05 Å². The Kier molecular flexibility index (Phi) is 2.57. The average Bonchev–Trinajstić information content (AvgIpc) is 3.01. The Bertz CT molecular complexity index is 874. The average molecular weight is 281 g/mol. The number of hydrogen-bond acceptors (Lipinski definition) is 3. The summed E-state index contributed by atoms with van der Waals surface area (Å²) in [6, 6.07) is 16.3. The van der Waals surface area contributed by atoms with Crippen molar-refractivity contribution in [3.8, 4) is 0 Å². The van der Waals surface area contributed by atoms with Gasteiger partial charge in [-0.15, -0.1) is 0 Å². The molecule has 0 aliphatic heterocycles. The predicted molar refractivity (Wildman–Crippen MR) is 79.8 cm³/mol. The zero-order chi connectivity index (χ0) is 13.5. The molecule has 0 saturated heterocycles. The standard InChI is InChI=1S/C16H13N2OS/c1-18-12-7-3-5-9-14(12)20-16(18)10-15-17-11-6-2-4-8-13(11)19-15/h2-9H,10H2,1H3/q+1. The van der Waals surface area contributed by atoms with Gasteiger partial charge in [-0.1, -0.05) is 35.6 Å². The van der Waals surface area contributed by atoms with Crippen molar-refractivity contribution in [3.63, 3.8) is 0 Å². The molecule has 2 heterocycles. The number of fused-ring (bicyclic) bond motifs is 2. The molecule has 0 radical (unpaired) electrons. The number of benzene rings is 2. The molecule has 2 aromatic heterocycles. The second kappa shape index (κ2) is 4.42. The highest BCUT2D eigenvalue weighted by molar-refractivity contribution is 7.18. The third-order valence-electron chi connectivity index (χ3n) is 3.47. The Morgan fingerprint density at radius 2 is 1.90 bits per heavy atom. The maximum Gasteiger partial charge on any atom is 0.247 e. The van der Waals surface area contributed by atoms with E-state index < -0.39 is 0 Å². The zero-order valence-corrected chi connectivity index (χ0v) is 11.9. The lowest BCUT2D eigenvalue weighted by Crippen LogP contribution is -2.30. The van der Waals surface area contributed by atoms with Crippen molar-refractivity contribution < 1.29 is 8.98 Å². The summed E-state index contributed by atoms with van der Waals surface area (Å²) in [5.41, 5.74) is 3.03. The monoisotopic (exact) mass is 281 g/mol. The van der Waals surface area contributed by atoms with Crippen LogP contribution in [-0.2, 0) is 13.5 Å². The van der Waals surface area contributed by atoms with Crippen molar-refractivity contribution in [2.75, 3.05) is 0 Å². The quantitative estimate of drug-likeness (QED) is 0.527. The molecule has 0 bridgehead atoms. The molecule has 3 nitrogen and oxygen atoms in total. The first-order valence-electron chi connectivity index (χ1n) is 6.52. The highest BCUT2D eigenvalue weighted by atomic mass is 32.1. The molecule has 4 rings (SSSR count). The number of nitrogens with zero attached hydrogens (tertiary/aromatic N) is 2. The van der Waals surface area contributed by atoms with Crippen LogP contribution in [0.3, 0.4) is 0 Å². The molecule has 4 aromatic rings. The Balaban J connectivity index is 1.78. The molecule has 0 aliphatic rings. The minimum Gasteiger partial charge on any atom is -0.440 e. The van der Waals surface area contributed by atoms with E-state index in [1.54, 1.807) is 11.3 Å². The highest BCUT2D eigenvalue weighted by Gasteiger charge is 2.19. The fourth-order valence-electron chi connectivity index (χ4n) is 2.43. The van der Waals surface area contributed by atoms with Crippen LogP contribution in [0.5, 0.6) is 0 Å². The predicted octanol–water partition coefficient (Wildman–Crippen LogP) is 3.46. The normalized spacial score (nSPS) is 11.4. The molecule has 0 saturated carbocycles. The lowest BCUT2D eigenvalue weighted by molar-refractivity contribution is -0.647. The molecule has 0 amide bonds. The Hall–Kier alpha value is -2.20. The van der Waals surface area contributed by atoms with Gasteiger partial charge in [-0.3, -0.25) is 0 Å². The molecule has 0 spiro atoms. The SMILES string of the molecule is C[n+]1c(Cc2nc3ccccc3o2)sc2ccccc21. The van der Waals surface area contributed by atoms with Crippen LogP contribution >= 0.6 is 11.3 Å². The molecule has 2 aromatic carbocycles. The molecule has 20 heavy (non-hydrogen) atoms. The van der Waals surface area contributed by atoms with Gasteiger partial charge in [0.1, 0.15) is 23.7 Å². The van der Waals surface area contributed by atoms with Crippen LogP contribution in [0.2, 0.25) is 0 Å². The van der Waals surface area contributed by atoms with Gasteiger partial charge >= 0.3 is 0 Å². The van der Waals surface area contributed by atoms with Crippen LogP contribution in [-0.4, -0.2) is 4.98 Å². The van der Waals surface area contributed by atoms with Gasteiger partial charge < -0.3 is 4.42 Å². The van der Waals surface area contributed by atoms with Crippen LogP contribution in [0.15, 0.2) is 52.9 Å². The minimum absolute atomic E-state index is 0.727. The Morgan fingerprint density at radius 1 is 1.10 bits per heavy atom. The number of thiazole rings is 1. The van der Waals surface area contributed by atoms with Gasteiger partial charge in [0.15, 0.2) is 5.58 Å². The van der Waals surface area contributed by atoms with Gasteiger partial charge in [0, 0.05) is 6.07 Å². The highest BCUT2D eigenvalue weighted by Crippen LogP contribution is 2.23. The third kappa shape index (κ3) is 1.80. The Morgan fingerprint density at radius 3 is 2.75 bits per heavy atom. The van der Waals surface area contributed by atoms with E-state index in [0.29, 0.717) is 0 Å². The van der Waals surface area contributed by atoms with Crippen LogP contribution in [0.25, 0.3) is 21.3 Å². The van der Waals surface area contributed by atoms with E-state index in [4.69, 9.17) is 4.42 Å². The summed E-state index contributed by atoms with van der Waals surface area (Å²) in [5, 5.41) is 1.25. The van der Waals surface area contributed by atoms with E-state index in [1.165, 1.54) is 15.2 Å². The largest absolute Gasteiger partial charge is 0.440 e. The van der Waals surface area contributed by atoms with Gasteiger partial charge in [0.25, 0.3) is 0 Å². The van der Waals surface area contributed by atoms with Crippen molar-refractivity contribution >= 4 is 32.7 Å². The molecular weight excluding hydrogens is 268 g/mol. The fourth-order valence-corrected chi connectivity index (χ4v) is 3.57. The smallest absolute Gasteiger partial charge is 0.247 e. The van der Waals surface area contributed by atoms with Crippen molar-refractivity contribution in [3.05, 3.63) is 59.4 Å². The van der Waals surface area contributed by atoms with Crippen molar-refractivity contribution in [1.82, 2.24) is 4.98 Å². The van der Waals surface area contributed by atoms with E-state index in [2.05, 4.69) is 40.9 Å². The third-order valence-corrected chi connectivity index (χ3v) is 4.69. The van der Waals surface area contributed by atoms with Crippen LogP contribution in [0.1, 0.15) is 10.9 Å². The Labute approximate surface area is 120 Å². The van der Waals surface area contributed by atoms with Gasteiger partial charge in [0.05, 0.1) is 0 Å². The summed E-state index contributed by atoms with van der Waals surface area (Å²) < 4.78 is 9.32. The molecule has 98 valence electrons. The number of para-hydroxylation sites is 3. The molecule has 0 atom stereocenters. The number of aryl methyl sites for hydroxylation is 1. The molecule has 0 unspecified atom stereocenters. The van der Waals surface area contributed by atoms with Gasteiger partial charge in [-0.2, -0.15) is 4.57 Å². The second-order valence-electron chi connectivity index (χ2n) is 4.77. The first-order chi connectivity index (χ1) is 9.81. The maximum atomic E-state index is 5.81. The van der Waals surface area contributed by atoms with E-state index in [-0.39, 0.29) is 0 Å². The van der Waals surface area contributed by atoms with E-state index in [9.17, 15) is 0 Å². The van der Waals surface area contributed by atoms with E-state index in [0.717, 1.165) is 23.4 Å². The number of rotatable bonds is 2. The summed E-state index contributed by atoms with van der Waals surface area (Å²) in [7, 11) is 2.09. The number of aromatic nitrogens is 2. The molecule has 0 fully saturated rings. The van der Waals surface area contributed by atoms with E-state index in [1.807, 2.05) is 24.3 Å². The van der Waals surface area contributed by atoms with E-state index >= 15 is 0 Å². The molecule has 0 N–H and O–H groups in total. The minimum atomic E-state index is 0.727. The first-order valence-corrected chi connectivity index (χ1v) is 7.34. The van der Waals surface area contributed by atoms with Crippen LogP contribution in [0, 0.1) is 0 Å². The van der Waals surface area contributed by atoms with Crippen molar-refractivity contribution in [1.29, 1.82) is 0 Å². The van der Waals surface area contributed by atoms with Crippen molar-refractivity contribution in [2.45, 2.75) is 6.42 Å². The summed E-state index contributed by atoms with van der Waals surface area (Å²) in [4.78, 5) is 4.55. The van der Waals surface area contributed by atoms with Gasteiger partial charge in [0.2, 0.25) is 16.4 Å². The topological polar surface area (TPSA) is 29.9 Å². The lowest BCUT2D eigenvalue weighted by Gasteiger charge is -1.89. The first kappa shape index (κ1) is 11.6. The van der Waals surface area contributed by atoms with Crippen LogP contribution in [0.4, 0.5) is 0 Å². The molecule has 4 heteroatoms. The van der Waals surface area contributed by atoms with Gasteiger partial charge in [-0.05, 0) is 18.2 Å². The summed E-state index contributed by atoms with van der Waals surface area (Å²) >= 11 is 1.79. The number of oxazole rings is 1. The lowest BCUT2D eigenvalue weighted by atomic mass is 10.3. The number of hydrogen-bond donors (Lipinski definition) is 0. The van der Waals surface area contributed by atoms with Gasteiger partial charge in [-0.25, -0.2) is 4.98 Å². The molecular formula is C16H13N2OS+. The summed E-state index contributed by atoms with van der Waals surface area (Å²) in [6.07, 6.45) is 0.727. The zero-order valence-electron chi connectivity index (χ0n) is 11.0. The summed E-state index contributed by atoms with van der Waals surface area (Å²) in [5.74, 6) is 0.772. The molecule has 0 aliphatic carbocycles. The summed E-state index contributed by atoms with van der Waals surface area (Å²) in [6.45, 7) is 0. The fraction of sp³-hybridized carbons (Fsp3) is 0.125.